The Morgan fingerprint density at radius 2 is 1.35 bits per heavy atom. The van der Waals surface area contributed by atoms with Gasteiger partial charge < -0.3 is 30.2 Å². The van der Waals surface area contributed by atoms with E-state index >= 15 is 0 Å². The van der Waals surface area contributed by atoms with Crippen LogP contribution in [0.5, 0.6) is 28.7 Å². The standard InChI is InChI=1S/C29H25N3O2.C28H25N3O3.2C2H6.2H2/c1-19(2)23-12-14-30-27-11-10-20(16-25(23)27)18-32-29(33)21-6-5-7-22(17-21)34-28-13-15-31-26-9-4-3-8-24(26)28;1-18-21(28(32)31-17-19-12-14-29-24-8-4-3-6-22(19)24)7-5-9-26(18)34-27-13-15-30-25-16-20(33-2)10-11-23(25)27;2*1-2;;/h3-17,19H,18H2,1-2H3,(H,32,33);3-16,24,29H,17H2,1-2H3,(H,31,32);2*1-2H3;2*1H. The fraction of sp³-hybridized carbons (Fsp3) is 0.197. The number of hydrogen-bond acceptors (Lipinski definition) is 9. The number of dihydropyridines is 1. The monoisotopic (exact) mass is 963 g/mol. The van der Waals surface area contributed by atoms with Crippen LogP contribution in [0.2, 0.25) is 0 Å². The highest BCUT2D eigenvalue weighted by molar-refractivity contribution is 5.97. The minimum Gasteiger partial charge on any atom is -0.497 e. The number of carbonyl (C=O) groups excluding carboxylic acids is 2. The highest BCUT2D eigenvalue weighted by Crippen LogP contribution is 2.34. The van der Waals surface area contributed by atoms with Gasteiger partial charge in [-0.3, -0.25) is 24.5 Å². The molecule has 3 N–H and O–H groups in total. The summed E-state index contributed by atoms with van der Waals surface area (Å²) in [5, 5.41) is 12.3. The number of carbonyl (C=O) groups is 2. The van der Waals surface area contributed by atoms with E-state index in [1.807, 2.05) is 162 Å². The number of methoxy groups -OCH3 is 1. The number of ether oxygens (including phenoxy) is 3. The molecule has 3 aromatic heterocycles. The molecule has 0 saturated carbocycles. The van der Waals surface area contributed by atoms with Crippen molar-refractivity contribution in [3.63, 3.8) is 0 Å². The van der Waals surface area contributed by atoms with E-state index in [1.54, 1.807) is 31.6 Å². The molecule has 4 heterocycles. The van der Waals surface area contributed by atoms with Gasteiger partial charge in [0.2, 0.25) is 0 Å². The molecular formula is C61H66N6O5. The Bertz CT molecular complexity index is 3330. The normalized spacial score (nSPS) is 13.1. The van der Waals surface area contributed by atoms with Crippen LogP contribution >= 0.6 is 0 Å². The fourth-order valence-electron chi connectivity index (χ4n) is 8.28. The Labute approximate surface area is 425 Å². The third-order valence-corrected chi connectivity index (χ3v) is 11.9. The van der Waals surface area contributed by atoms with Crippen molar-refractivity contribution in [1.82, 2.24) is 30.9 Å². The third-order valence-electron chi connectivity index (χ3n) is 11.9. The molecule has 11 nitrogen and oxygen atoms in total. The van der Waals surface area contributed by atoms with Gasteiger partial charge in [-0.05, 0) is 132 Å². The smallest absolute Gasteiger partial charge is 0.251 e. The lowest BCUT2D eigenvalue weighted by molar-refractivity contribution is 0.0945. The maximum Gasteiger partial charge on any atom is 0.251 e. The second-order valence-electron chi connectivity index (χ2n) is 16.7. The van der Waals surface area contributed by atoms with Crippen molar-refractivity contribution >= 4 is 44.5 Å². The molecule has 5 aromatic carbocycles. The van der Waals surface area contributed by atoms with Crippen molar-refractivity contribution in [2.24, 2.45) is 0 Å². The first kappa shape index (κ1) is 51.3. The van der Waals surface area contributed by atoms with Gasteiger partial charge >= 0.3 is 0 Å². The largest absolute Gasteiger partial charge is 0.497 e. The third kappa shape index (κ3) is 12.2. The number of aromatic nitrogens is 3. The van der Waals surface area contributed by atoms with Crippen LogP contribution < -0.4 is 30.2 Å². The van der Waals surface area contributed by atoms with E-state index in [-0.39, 0.29) is 20.7 Å². The first-order valence-corrected chi connectivity index (χ1v) is 24.5. The van der Waals surface area contributed by atoms with Crippen LogP contribution in [0.3, 0.4) is 0 Å². The molecule has 0 saturated heterocycles. The van der Waals surface area contributed by atoms with Crippen LogP contribution in [0.4, 0.5) is 0 Å². The van der Waals surface area contributed by atoms with E-state index in [2.05, 4.69) is 69.0 Å². The molecule has 0 fully saturated rings. The fourth-order valence-corrected chi connectivity index (χ4v) is 8.28. The van der Waals surface area contributed by atoms with Crippen molar-refractivity contribution in [3.8, 4) is 28.7 Å². The van der Waals surface area contributed by atoms with Crippen LogP contribution in [0, 0.1) is 6.92 Å². The number of nitrogens with one attached hydrogen (secondary N) is 3. The van der Waals surface area contributed by atoms with Crippen molar-refractivity contribution in [2.45, 2.75) is 67.0 Å². The molecule has 1 atom stereocenters. The van der Waals surface area contributed by atoms with Gasteiger partial charge in [0.15, 0.2) is 0 Å². The molecule has 1 unspecified atom stereocenters. The van der Waals surface area contributed by atoms with Gasteiger partial charge in [0.25, 0.3) is 11.8 Å². The van der Waals surface area contributed by atoms with Crippen LogP contribution in [-0.4, -0.2) is 46.5 Å². The summed E-state index contributed by atoms with van der Waals surface area (Å²) < 4.78 is 17.6. The zero-order valence-corrected chi connectivity index (χ0v) is 42.2. The number of amides is 2. The molecule has 2 aliphatic rings. The van der Waals surface area contributed by atoms with Gasteiger partial charge in [-0.1, -0.05) is 96.2 Å². The molecule has 0 radical (unpaired) electrons. The lowest BCUT2D eigenvalue weighted by Gasteiger charge is -2.24. The zero-order chi connectivity index (χ0) is 51.0. The molecule has 10 rings (SSSR count). The van der Waals surface area contributed by atoms with Gasteiger partial charge in [0.1, 0.15) is 28.7 Å². The summed E-state index contributed by atoms with van der Waals surface area (Å²) in [7, 11) is 1.63. The van der Waals surface area contributed by atoms with Crippen LogP contribution in [-0.2, 0) is 6.54 Å². The van der Waals surface area contributed by atoms with E-state index < -0.39 is 0 Å². The highest BCUT2D eigenvalue weighted by Gasteiger charge is 2.19. The van der Waals surface area contributed by atoms with E-state index in [4.69, 9.17) is 14.2 Å². The Hall–Kier alpha value is -8.57. The zero-order valence-electron chi connectivity index (χ0n) is 42.2. The first-order valence-electron chi connectivity index (χ1n) is 24.5. The Balaban J connectivity index is 0.000000251. The number of allylic oxidation sites excluding steroid dienone is 2. The summed E-state index contributed by atoms with van der Waals surface area (Å²) in [6.07, 6.45) is 17.4. The number of para-hydroxylation sites is 1. The average Bonchev–Trinajstić information content (AvgIpc) is 3.43. The van der Waals surface area contributed by atoms with E-state index in [0.29, 0.717) is 53.1 Å². The summed E-state index contributed by atoms with van der Waals surface area (Å²) in [6, 6.07) is 38.2. The van der Waals surface area contributed by atoms with E-state index in [9.17, 15) is 9.59 Å². The van der Waals surface area contributed by atoms with Gasteiger partial charge in [-0.25, -0.2) is 0 Å². The average molecular weight is 963 g/mol. The number of pyridine rings is 3. The molecule has 0 bridgehead atoms. The molecule has 72 heavy (non-hydrogen) atoms. The quantitative estimate of drug-likeness (QED) is 0.109. The summed E-state index contributed by atoms with van der Waals surface area (Å²) in [6.45, 7) is 15.1. The number of fused-ring (bicyclic) bond motifs is 4. The van der Waals surface area contributed by atoms with E-state index in [1.165, 1.54) is 11.1 Å². The topological polar surface area (TPSA) is 137 Å². The first-order chi connectivity index (χ1) is 35.2. The lowest BCUT2D eigenvalue weighted by Crippen LogP contribution is -2.32. The van der Waals surface area contributed by atoms with Crippen molar-refractivity contribution < 1.29 is 26.7 Å². The summed E-state index contributed by atoms with van der Waals surface area (Å²) in [5.74, 6) is 3.44. The number of rotatable bonds is 12. The maximum atomic E-state index is 13.1. The lowest BCUT2D eigenvalue weighted by atomic mass is 9.94. The Morgan fingerprint density at radius 3 is 2.14 bits per heavy atom. The van der Waals surface area contributed by atoms with Crippen LogP contribution in [0.1, 0.15) is 87.7 Å². The molecule has 11 heteroatoms. The minimum atomic E-state index is -0.152. The molecule has 8 aromatic rings. The molecule has 1 aliphatic carbocycles. The van der Waals surface area contributed by atoms with Gasteiger partial charge in [-0.2, -0.15) is 0 Å². The predicted octanol–water partition coefficient (Wildman–Crippen LogP) is 14.2. The van der Waals surface area contributed by atoms with Gasteiger partial charge in [-0.15, -0.1) is 0 Å². The molecule has 370 valence electrons. The summed E-state index contributed by atoms with van der Waals surface area (Å²) in [4.78, 5) is 39.2. The minimum absolute atomic E-state index is 0. The molecule has 1 aliphatic heterocycles. The number of benzene rings is 5. The van der Waals surface area contributed by atoms with Gasteiger partial charge in [0.05, 0.1) is 29.7 Å². The van der Waals surface area contributed by atoms with E-state index in [0.717, 1.165) is 55.2 Å². The molecule has 0 spiro atoms. The maximum absolute atomic E-state index is 13.1. The van der Waals surface area contributed by atoms with Gasteiger partial charge in [0, 0.05) is 73.4 Å². The van der Waals surface area contributed by atoms with Crippen molar-refractivity contribution in [2.75, 3.05) is 13.7 Å². The number of hydrogen-bond donors (Lipinski definition) is 3. The molecular weight excluding hydrogens is 897 g/mol. The Morgan fingerprint density at radius 1 is 0.639 bits per heavy atom. The summed E-state index contributed by atoms with van der Waals surface area (Å²) in [5.41, 5.74) is 9.04. The molecule has 2 amide bonds. The summed E-state index contributed by atoms with van der Waals surface area (Å²) >= 11 is 0. The highest BCUT2D eigenvalue weighted by atomic mass is 16.5. The Kier molecular flexibility index (Phi) is 17.7. The second-order valence-corrected chi connectivity index (χ2v) is 16.7. The SMILES string of the molecule is CC.CC.CC(C)c1ccnc2ccc(CNC(=O)c3cccc(Oc4ccnc5ccccc45)c3)cc12.COc1ccc2c(Oc3cccc(C(=O)NCC4=C5C=CC=CC5NC=C4)c3C)ccnc2c1.[HH].[HH]. The van der Waals surface area contributed by atoms with Crippen molar-refractivity contribution in [1.29, 1.82) is 0 Å². The van der Waals surface area contributed by atoms with Crippen LogP contribution in [0.25, 0.3) is 32.7 Å². The predicted molar refractivity (Wildman–Crippen MR) is 295 cm³/mol. The van der Waals surface area contributed by atoms with Crippen LogP contribution in [0.15, 0.2) is 188 Å². The number of nitrogens with zero attached hydrogens (tertiary/aromatic N) is 3. The van der Waals surface area contributed by atoms with Crippen molar-refractivity contribution in [3.05, 3.63) is 215 Å². The second kappa shape index (κ2) is 24.8.